The predicted octanol–water partition coefficient (Wildman–Crippen LogP) is -0.106. The summed E-state index contributed by atoms with van der Waals surface area (Å²) in [5, 5.41) is 0. The number of halogens is 2. The lowest BCUT2D eigenvalue weighted by atomic mass is 10.1. The molecular weight excluding hydrogens is 126 g/mol. The topological polar surface area (TPSA) is 29.3 Å². The molecule has 0 aromatic carbocycles. The van der Waals surface area contributed by atoms with Crippen LogP contribution in [0.5, 0.6) is 0 Å². The highest BCUT2D eigenvalue weighted by Gasteiger charge is 2.24. The summed E-state index contributed by atoms with van der Waals surface area (Å²) >= 11 is 0. The average Bonchev–Trinajstić information content (AvgIpc) is 1.60. The quantitative estimate of drug-likeness (QED) is 0.574. The van der Waals surface area contributed by atoms with E-state index >= 15 is 0 Å². The summed E-state index contributed by atoms with van der Waals surface area (Å²) in [5.41, 5.74) is 5.36. The van der Waals surface area contributed by atoms with Gasteiger partial charge in [-0.15, -0.1) is 0 Å². The number of hydrogen-bond acceptors (Lipinski definition) is 2. The van der Waals surface area contributed by atoms with E-state index < -0.39 is 6.43 Å². The molecule has 1 aliphatic heterocycles. The van der Waals surface area contributed by atoms with Gasteiger partial charge in [0.2, 0.25) is 0 Å². The molecule has 1 aliphatic rings. The van der Waals surface area contributed by atoms with Crippen LogP contribution in [0.4, 0.5) is 8.78 Å². The molecule has 0 amide bonds. The molecule has 1 rings (SSSR count). The minimum absolute atomic E-state index is 0.117. The Hall–Kier alpha value is -0.220. The van der Waals surface area contributed by atoms with Crippen LogP contribution in [0.3, 0.4) is 0 Å². The first-order valence-corrected chi connectivity index (χ1v) is 2.94. The minimum atomic E-state index is -2.21. The summed E-state index contributed by atoms with van der Waals surface area (Å²) in [6.07, 6.45) is -2.21. The van der Waals surface area contributed by atoms with Crippen molar-refractivity contribution in [2.24, 2.45) is 5.73 Å². The maximum Gasteiger partial charge on any atom is 0.251 e. The summed E-state index contributed by atoms with van der Waals surface area (Å²) in [4.78, 5) is 1.65. The summed E-state index contributed by atoms with van der Waals surface area (Å²) in [6.45, 7) is 1.14. The van der Waals surface area contributed by atoms with E-state index in [-0.39, 0.29) is 12.6 Å². The van der Waals surface area contributed by atoms with Gasteiger partial charge in [0.15, 0.2) is 0 Å². The summed E-state index contributed by atoms with van der Waals surface area (Å²) in [5.74, 6) is 0. The predicted molar refractivity (Wildman–Crippen MR) is 30.4 cm³/mol. The van der Waals surface area contributed by atoms with Crippen LogP contribution >= 0.6 is 0 Å². The van der Waals surface area contributed by atoms with Gasteiger partial charge in [0.1, 0.15) is 0 Å². The fourth-order valence-electron chi connectivity index (χ4n) is 0.954. The largest absolute Gasteiger partial charge is 0.325 e. The normalized spacial score (nSPS) is 22.7. The molecule has 0 bridgehead atoms. The molecule has 0 spiro atoms. The van der Waals surface area contributed by atoms with Gasteiger partial charge in [0, 0.05) is 19.1 Å². The van der Waals surface area contributed by atoms with Crippen molar-refractivity contribution in [2.75, 3.05) is 19.6 Å². The fourth-order valence-corrected chi connectivity index (χ4v) is 0.954. The summed E-state index contributed by atoms with van der Waals surface area (Å²) in [6, 6.07) is 0.128. The lowest BCUT2D eigenvalue weighted by molar-refractivity contribution is 0.0483. The van der Waals surface area contributed by atoms with Gasteiger partial charge in [-0.3, -0.25) is 4.90 Å². The Labute approximate surface area is 52.6 Å². The minimum Gasteiger partial charge on any atom is -0.325 e. The van der Waals surface area contributed by atoms with Crippen molar-refractivity contribution in [2.45, 2.75) is 12.5 Å². The van der Waals surface area contributed by atoms with E-state index in [1.165, 1.54) is 0 Å². The molecular formula is C5H10F2N2. The van der Waals surface area contributed by atoms with Crippen LogP contribution in [0.25, 0.3) is 0 Å². The molecule has 0 saturated carbocycles. The number of likely N-dealkylation sites (tertiary alicyclic amines) is 1. The zero-order valence-electron chi connectivity index (χ0n) is 5.06. The van der Waals surface area contributed by atoms with Crippen molar-refractivity contribution in [3.8, 4) is 0 Å². The van der Waals surface area contributed by atoms with Gasteiger partial charge in [-0.05, 0) is 0 Å². The third-order valence-corrected chi connectivity index (χ3v) is 1.38. The zero-order valence-corrected chi connectivity index (χ0v) is 5.06. The first-order chi connectivity index (χ1) is 4.18. The second kappa shape index (κ2) is 2.58. The molecule has 2 N–H and O–H groups in total. The van der Waals surface area contributed by atoms with Crippen molar-refractivity contribution < 1.29 is 8.78 Å². The van der Waals surface area contributed by atoms with E-state index in [9.17, 15) is 8.78 Å². The molecule has 0 aromatic rings. The maximum atomic E-state index is 11.6. The van der Waals surface area contributed by atoms with Gasteiger partial charge in [-0.2, -0.15) is 0 Å². The molecule has 4 heteroatoms. The molecule has 1 saturated heterocycles. The Morgan fingerprint density at radius 2 is 2.11 bits per heavy atom. The Morgan fingerprint density at radius 1 is 1.56 bits per heavy atom. The Morgan fingerprint density at radius 3 is 2.44 bits per heavy atom. The first-order valence-electron chi connectivity index (χ1n) is 2.94. The van der Waals surface area contributed by atoms with Gasteiger partial charge < -0.3 is 5.73 Å². The SMILES string of the molecule is NC1CN(CC(F)F)C1. The second-order valence-corrected chi connectivity index (χ2v) is 2.37. The maximum absolute atomic E-state index is 11.6. The number of alkyl halides is 2. The smallest absolute Gasteiger partial charge is 0.251 e. The van der Waals surface area contributed by atoms with Crippen LogP contribution in [-0.2, 0) is 0 Å². The van der Waals surface area contributed by atoms with E-state index in [1.54, 1.807) is 4.90 Å². The Bertz CT molecular complexity index is 91.0. The molecule has 0 aromatic heterocycles. The fraction of sp³-hybridized carbons (Fsp3) is 1.00. The third kappa shape index (κ3) is 1.87. The van der Waals surface area contributed by atoms with Gasteiger partial charge in [0.25, 0.3) is 6.43 Å². The molecule has 0 atom stereocenters. The molecule has 9 heavy (non-hydrogen) atoms. The summed E-state index contributed by atoms with van der Waals surface area (Å²) < 4.78 is 23.1. The highest BCUT2D eigenvalue weighted by molar-refractivity contribution is 4.82. The molecule has 0 radical (unpaired) electrons. The van der Waals surface area contributed by atoms with Crippen molar-refractivity contribution in [3.63, 3.8) is 0 Å². The van der Waals surface area contributed by atoms with Crippen LogP contribution in [0.1, 0.15) is 0 Å². The number of nitrogens with two attached hydrogens (primary N) is 1. The average molecular weight is 136 g/mol. The Balaban J connectivity index is 2.04. The Kier molecular flexibility index (Phi) is 1.97. The summed E-state index contributed by atoms with van der Waals surface area (Å²) in [7, 11) is 0. The molecule has 54 valence electrons. The second-order valence-electron chi connectivity index (χ2n) is 2.37. The van der Waals surface area contributed by atoms with Crippen molar-refractivity contribution in [3.05, 3.63) is 0 Å². The highest BCUT2D eigenvalue weighted by atomic mass is 19.3. The lowest BCUT2D eigenvalue weighted by Crippen LogP contribution is -2.56. The van der Waals surface area contributed by atoms with Crippen LogP contribution in [0.2, 0.25) is 0 Å². The van der Waals surface area contributed by atoms with E-state index in [0.717, 1.165) is 0 Å². The molecule has 2 nitrogen and oxygen atoms in total. The van der Waals surface area contributed by atoms with Crippen molar-refractivity contribution >= 4 is 0 Å². The van der Waals surface area contributed by atoms with Crippen LogP contribution in [0, 0.1) is 0 Å². The van der Waals surface area contributed by atoms with Gasteiger partial charge in [0.05, 0.1) is 6.54 Å². The van der Waals surface area contributed by atoms with E-state index in [1.807, 2.05) is 0 Å². The van der Waals surface area contributed by atoms with Crippen LogP contribution in [0.15, 0.2) is 0 Å². The van der Waals surface area contributed by atoms with Gasteiger partial charge in [-0.25, -0.2) is 8.78 Å². The van der Waals surface area contributed by atoms with E-state index in [0.29, 0.717) is 13.1 Å². The van der Waals surface area contributed by atoms with Crippen LogP contribution < -0.4 is 5.73 Å². The molecule has 0 aliphatic carbocycles. The van der Waals surface area contributed by atoms with E-state index in [4.69, 9.17) is 5.73 Å². The van der Waals surface area contributed by atoms with Gasteiger partial charge >= 0.3 is 0 Å². The zero-order chi connectivity index (χ0) is 6.85. The third-order valence-electron chi connectivity index (χ3n) is 1.38. The van der Waals surface area contributed by atoms with Crippen LogP contribution in [-0.4, -0.2) is 37.0 Å². The monoisotopic (exact) mass is 136 g/mol. The van der Waals surface area contributed by atoms with Gasteiger partial charge in [-0.1, -0.05) is 0 Å². The lowest BCUT2D eigenvalue weighted by Gasteiger charge is -2.36. The first kappa shape index (κ1) is 6.89. The van der Waals surface area contributed by atoms with E-state index in [2.05, 4.69) is 0 Å². The standard InChI is InChI=1S/C5H10F2N2/c6-5(7)3-9-1-4(8)2-9/h4-5H,1-3,8H2. The van der Waals surface area contributed by atoms with Crippen molar-refractivity contribution in [1.29, 1.82) is 0 Å². The number of rotatable bonds is 2. The molecule has 0 unspecified atom stereocenters. The number of nitrogens with zero attached hydrogens (tertiary/aromatic N) is 1. The number of hydrogen-bond donors (Lipinski definition) is 1. The molecule has 1 fully saturated rings. The highest BCUT2D eigenvalue weighted by Crippen LogP contribution is 2.07. The molecule has 1 heterocycles. The van der Waals surface area contributed by atoms with Crippen molar-refractivity contribution in [1.82, 2.24) is 4.90 Å².